The van der Waals surface area contributed by atoms with Gasteiger partial charge in [-0.3, -0.25) is 10.1 Å². The van der Waals surface area contributed by atoms with Gasteiger partial charge in [-0.05, 0) is 43.3 Å². The largest absolute Gasteiger partial charge is 0.452 e. The fourth-order valence-electron chi connectivity index (χ4n) is 2.26. The first-order valence-electron chi connectivity index (χ1n) is 8.03. The number of hydrogen-bond acceptors (Lipinski definition) is 6. The number of carbonyl (C=O) groups is 2. The van der Waals surface area contributed by atoms with Crippen molar-refractivity contribution in [2.45, 2.75) is 6.92 Å². The van der Waals surface area contributed by atoms with Crippen molar-refractivity contribution in [3.63, 3.8) is 0 Å². The standard InChI is InChI=1S/C19H16FN3O4/c1-12-10-18(27-23-12)22-17(24)11-26-19(25)15-4-2-3-5-16(15)21-14-8-6-13(20)7-9-14/h2-10,21H,11H2,1H3,(H,22,24). The lowest BCUT2D eigenvalue weighted by Crippen LogP contribution is -2.21. The van der Waals surface area contributed by atoms with Gasteiger partial charge in [0.15, 0.2) is 6.61 Å². The minimum absolute atomic E-state index is 0.173. The van der Waals surface area contributed by atoms with Gasteiger partial charge in [0.25, 0.3) is 5.91 Å². The molecular weight excluding hydrogens is 353 g/mol. The summed E-state index contributed by atoms with van der Waals surface area (Å²) in [6, 6.07) is 13.9. The van der Waals surface area contributed by atoms with Crippen LogP contribution in [0.15, 0.2) is 59.1 Å². The molecule has 0 saturated carbocycles. The molecule has 0 bridgehead atoms. The summed E-state index contributed by atoms with van der Waals surface area (Å²) in [6.07, 6.45) is 0. The van der Waals surface area contributed by atoms with Gasteiger partial charge in [0.1, 0.15) is 5.82 Å². The van der Waals surface area contributed by atoms with E-state index in [9.17, 15) is 14.0 Å². The summed E-state index contributed by atoms with van der Waals surface area (Å²) >= 11 is 0. The molecule has 0 aliphatic heterocycles. The van der Waals surface area contributed by atoms with E-state index in [0.29, 0.717) is 17.1 Å². The number of nitrogens with one attached hydrogen (secondary N) is 2. The van der Waals surface area contributed by atoms with Crippen LogP contribution < -0.4 is 10.6 Å². The predicted molar refractivity (Wildman–Crippen MR) is 96.3 cm³/mol. The van der Waals surface area contributed by atoms with Crippen molar-refractivity contribution in [3.8, 4) is 0 Å². The van der Waals surface area contributed by atoms with Crippen LogP contribution in [-0.2, 0) is 9.53 Å². The molecule has 1 amide bonds. The van der Waals surface area contributed by atoms with E-state index in [0.717, 1.165) is 0 Å². The second-order valence-electron chi connectivity index (χ2n) is 5.63. The van der Waals surface area contributed by atoms with E-state index in [1.807, 2.05) is 0 Å². The minimum Gasteiger partial charge on any atom is -0.452 e. The van der Waals surface area contributed by atoms with E-state index in [1.54, 1.807) is 49.4 Å². The highest BCUT2D eigenvalue weighted by atomic mass is 19.1. The molecule has 0 spiro atoms. The highest BCUT2D eigenvalue weighted by Gasteiger charge is 2.15. The van der Waals surface area contributed by atoms with Crippen molar-refractivity contribution in [2.24, 2.45) is 0 Å². The van der Waals surface area contributed by atoms with Gasteiger partial charge in [-0.15, -0.1) is 0 Å². The Morgan fingerprint density at radius 1 is 1.15 bits per heavy atom. The molecule has 27 heavy (non-hydrogen) atoms. The number of aromatic nitrogens is 1. The maximum absolute atomic E-state index is 13.0. The molecule has 0 radical (unpaired) electrons. The first kappa shape index (κ1) is 18.1. The summed E-state index contributed by atoms with van der Waals surface area (Å²) in [4.78, 5) is 24.2. The van der Waals surface area contributed by atoms with Gasteiger partial charge in [-0.2, -0.15) is 0 Å². The zero-order chi connectivity index (χ0) is 19.2. The Morgan fingerprint density at radius 3 is 2.59 bits per heavy atom. The third-order valence-corrected chi connectivity index (χ3v) is 3.50. The summed E-state index contributed by atoms with van der Waals surface area (Å²) in [5.74, 6) is -1.42. The van der Waals surface area contributed by atoms with Crippen LogP contribution in [0.5, 0.6) is 0 Å². The number of aryl methyl sites for hydroxylation is 1. The molecule has 7 nitrogen and oxygen atoms in total. The molecule has 0 unspecified atom stereocenters. The quantitative estimate of drug-likeness (QED) is 0.644. The number of esters is 1. The van der Waals surface area contributed by atoms with E-state index in [2.05, 4.69) is 15.8 Å². The van der Waals surface area contributed by atoms with Gasteiger partial charge in [-0.1, -0.05) is 17.3 Å². The fraction of sp³-hybridized carbons (Fsp3) is 0.105. The number of nitrogens with zero attached hydrogens (tertiary/aromatic N) is 1. The Labute approximate surface area is 154 Å². The van der Waals surface area contributed by atoms with E-state index in [1.165, 1.54) is 12.1 Å². The zero-order valence-electron chi connectivity index (χ0n) is 14.4. The van der Waals surface area contributed by atoms with E-state index in [-0.39, 0.29) is 17.3 Å². The van der Waals surface area contributed by atoms with Gasteiger partial charge in [0, 0.05) is 11.8 Å². The normalized spacial score (nSPS) is 10.3. The Balaban J connectivity index is 1.62. The summed E-state index contributed by atoms with van der Waals surface area (Å²) in [7, 11) is 0. The number of carbonyl (C=O) groups excluding carboxylic acids is 2. The van der Waals surface area contributed by atoms with Crippen LogP contribution in [0.1, 0.15) is 16.1 Å². The second kappa shape index (κ2) is 8.13. The Bertz CT molecular complexity index is 954. The Hall–Kier alpha value is -3.68. The van der Waals surface area contributed by atoms with Crippen molar-refractivity contribution in [2.75, 3.05) is 17.2 Å². The van der Waals surface area contributed by atoms with Crippen LogP contribution >= 0.6 is 0 Å². The summed E-state index contributed by atoms with van der Waals surface area (Å²) in [5.41, 5.74) is 1.93. The molecule has 138 valence electrons. The van der Waals surface area contributed by atoms with Crippen LogP contribution in [0.3, 0.4) is 0 Å². The SMILES string of the molecule is Cc1cc(NC(=O)COC(=O)c2ccccc2Nc2ccc(F)cc2)on1. The number of para-hydroxylation sites is 1. The predicted octanol–water partition coefficient (Wildman–Crippen LogP) is 3.66. The van der Waals surface area contributed by atoms with Gasteiger partial charge in [-0.25, -0.2) is 9.18 Å². The highest BCUT2D eigenvalue weighted by molar-refractivity contribution is 5.98. The maximum atomic E-state index is 13.0. The van der Waals surface area contributed by atoms with Crippen LogP contribution in [-0.4, -0.2) is 23.6 Å². The van der Waals surface area contributed by atoms with Crippen molar-refractivity contribution < 1.29 is 23.2 Å². The smallest absolute Gasteiger partial charge is 0.340 e. The van der Waals surface area contributed by atoms with Gasteiger partial charge < -0.3 is 14.6 Å². The number of anilines is 3. The van der Waals surface area contributed by atoms with Crippen molar-refractivity contribution in [3.05, 3.63) is 71.7 Å². The molecule has 0 atom stereocenters. The van der Waals surface area contributed by atoms with Crippen LogP contribution in [0.2, 0.25) is 0 Å². The lowest BCUT2D eigenvalue weighted by atomic mass is 10.1. The number of benzene rings is 2. The van der Waals surface area contributed by atoms with E-state index < -0.39 is 18.5 Å². The summed E-state index contributed by atoms with van der Waals surface area (Å²) in [5, 5.41) is 9.09. The molecule has 0 aliphatic rings. The Kier molecular flexibility index (Phi) is 5.46. The molecule has 1 heterocycles. The highest BCUT2D eigenvalue weighted by Crippen LogP contribution is 2.22. The van der Waals surface area contributed by atoms with Gasteiger partial charge in [0.05, 0.1) is 16.9 Å². The fourth-order valence-corrected chi connectivity index (χ4v) is 2.26. The first-order valence-corrected chi connectivity index (χ1v) is 8.03. The molecular formula is C19H16FN3O4. The molecule has 3 rings (SSSR count). The monoisotopic (exact) mass is 369 g/mol. The molecule has 0 aliphatic carbocycles. The van der Waals surface area contributed by atoms with Crippen molar-refractivity contribution in [1.29, 1.82) is 0 Å². The van der Waals surface area contributed by atoms with E-state index in [4.69, 9.17) is 9.26 Å². The van der Waals surface area contributed by atoms with Crippen LogP contribution in [0.25, 0.3) is 0 Å². The lowest BCUT2D eigenvalue weighted by Gasteiger charge is -2.11. The number of amides is 1. The number of ether oxygens (including phenoxy) is 1. The molecule has 2 N–H and O–H groups in total. The molecule has 0 fully saturated rings. The average Bonchev–Trinajstić information content (AvgIpc) is 3.07. The van der Waals surface area contributed by atoms with Gasteiger partial charge >= 0.3 is 5.97 Å². The maximum Gasteiger partial charge on any atom is 0.340 e. The number of rotatable bonds is 6. The third kappa shape index (κ3) is 4.91. The van der Waals surface area contributed by atoms with Crippen molar-refractivity contribution >= 4 is 29.1 Å². The van der Waals surface area contributed by atoms with Crippen LogP contribution in [0.4, 0.5) is 21.6 Å². The number of hydrogen-bond donors (Lipinski definition) is 2. The van der Waals surface area contributed by atoms with E-state index >= 15 is 0 Å². The molecule has 2 aromatic carbocycles. The topological polar surface area (TPSA) is 93.5 Å². The Morgan fingerprint density at radius 2 is 1.89 bits per heavy atom. The van der Waals surface area contributed by atoms with Crippen molar-refractivity contribution in [1.82, 2.24) is 5.16 Å². The lowest BCUT2D eigenvalue weighted by molar-refractivity contribution is -0.119. The van der Waals surface area contributed by atoms with Crippen LogP contribution in [0, 0.1) is 12.7 Å². The molecule has 3 aromatic rings. The first-order chi connectivity index (χ1) is 13.0. The summed E-state index contributed by atoms with van der Waals surface area (Å²) < 4.78 is 22.9. The average molecular weight is 369 g/mol. The third-order valence-electron chi connectivity index (χ3n) is 3.50. The second-order valence-corrected chi connectivity index (χ2v) is 5.63. The molecule has 0 saturated heterocycles. The molecule has 8 heteroatoms. The molecule has 1 aromatic heterocycles. The summed E-state index contributed by atoms with van der Waals surface area (Å²) in [6.45, 7) is 1.23. The minimum atomic E-state index is -0.677. The zero-order valence-corrected chi connectivity index (χ0v) is 14.4. The van der Waals surface area contributed by atoms with Gasteiger partial charge in [0.2, 0.25) is 5.88 Å². The number of halogens is 1.